The normalized spacial score (nSPS) is 12.3. The van der Waals surface area contributed by atoms with Gasteiger partial charge in [-0.25, -0.2) is 4.98 Å². The smallest absolute Gasteiger partial charge is 0.293 e. The van der Waals surface area contributed by atoms with Gasteiger partial charge < -0.3 is 0 Å². The lowest BCUT2D eigenvalue weighted by atomic mass is 10.2. The first-order valence-electron chi connectivity index (χ1n) is 6.68. The zero-order valence-corrected chi connectivity index (χ0v) is 11.7. The number of nitrogens with zero attached hydrogens (tertiary/aromatic N) is 4. The minimum atomic E-state index is -4.27. The molecule has 0 bridgehead atoms. The molecule has 0 unspecified atom stereocenters. The second-order valence-corrected chi connectivity index (χ2v) is 4.79. The van der Waals surface area contributed by atoms with Crippen molar-refractivity contribution in [2.75, 3.05) is 0 Å². The Morgan fingerprint density at radius 2 is 1.91 bits per heavy atom. The van der Waals surface area contributed by atoms with Gasteiger partial charge in [0.15, 0.2) is 0 Å². The van der Waals surface area contributed by atoms with E-state index in [4.69, 9.17) is 0 Å². The molecule has 0 saturated heterocycles. The van der Waals surface area contributed by atoms with Crippen LogP contribution in [-0.2, 0) is 0 Å². The van der Waals surface area contributed by atoms with E-state index >= 15 is 0 Å². The molecule has 0 saturated carbocycles. The monoisotopic (exact) mass is 320 g/mol. The van der Waals surface area contributed by atoms with Crippen LogP contribution in [0, 0.1) is 0 Å². The molecule has 0 fully saturated rings. The van der Waals surface area contributed by atoms with Crippen LogP contribution in [0.25, 0.3) is 23.2 Å². The van der Waals surface area contributed by atoms with Crippen LogP contribution >= 0.6 is 0 Å². The van der Waals surface area contributed by atoms with Gasteiger partial charge in [0, 0.05) is 42.6 Å². The molecular formula is C15H11F3N4O. The Morgan fingerprint density at radius 1 is 1.17 bits per heavy atom. The molecular weight excluding hydrogens is 309 g/mol. The lowest BCUT2D eigenvalue weighted by molar-refractivity contribution is -0.124. The van der Waals surface area contributed by atoms with Gasteiger partial charge in [-0.05, 0) is 12.1 Å². The number of rotatable bonds is 3. The summed E-state index contributed by atoms with van der Waals surface area (Å²) in [6.07, 6.45) is 2.97. The topological polar surface area (TPSA) is 52.2 Å². The number of alkyl halides is 3. The molecule has 0 atom stereocenters. The Bertz CT molecular complexity index is 910. The van der Waals surface area contributed by atoms with E-state index in [1.165, 1.54) is 33.6 Å². The highest BCUT2D eigenvalue weighted by atomic mass is 19.4. The second-order valence-electron chi connectivity index (χ2n) is 4.79. The van der Waals surface area contributed by atoms with Crippen LogP contribution in [0.2, 0.25) is 0 Å². The first-order chi connectivity index (χ1) is 10.9. The maximum absolute atomic E-state index is 12.2. The molecule has 0 spiro atoms. The van der Waals surface area contributed by atoms with E-state index < -0.39 is 12.6 Å². The Kier molecular flexibility index (Phi) is 3.73. The predicted molar refractivity (Wildman–Crippen MR) is 78.7 cm³/mol. The molecule has 3 aromatic heterocycles. The zero-order valence-electron chi connectivity index (χ0n) is 11.7. The fourth-order valence-corrected chi connectivity index (χ4v) is 2.09. The Balaban J connectivity index is 2.05. The third-order valence-corrected chi connectivity index (χ3v) is 3.13. The average molecular weight is 320 g/mol. The molecule has 23 heavy (non-hydrogen) atoms. The standard InChI is InChI=1S/C15H11F3N4O/c16-15(17,18)4-1-7-21-8-9-22-13(23)10-12(20-14(21)22)11-2-5-19-6-3-11/h1-3,5-10H,4H2. The fraction of sp³-hybridized carbons (Fsp3) is 0.133. The summed E-state index contributed by atoms with van der Waals surface area (Å²) in [5.74, 6) is 0.239. The van der Waals surface area contributed by atoms with Crippen molar-refractivity contribution in [1.82, 2.24) is 18.9 Å². The van der Waals surface area contributed by atoms with Gasteiger partial charge in [-0.2, -0.15) is 13.2 Å². The summed E-state index contributed by atoms with van der Waals surface area (Å²) in [4.78, 5) is 20.3. The van der Waals surface area contributed by atoms with Gasteiger partial charge in [0.1, 0.15) is 0 Å². The number of hydrogen-bond donors (Lipinski definition) is 0. The summed E-state index contributed by atoms with van der Waals surface area (Å²) in [7, 11) is 0. The van der Waals surface area contributed by atoms with Crippen LogP contribution in [0.4, 0.5) is 13.2 Å². The highest BCUT2D eigenvalue weighted by Crippen LogP contribution is 2.20. The molecule has 0 amide bonds. The van der Waals surface area contributed by atoms with E-state index in [9.17, 15) is 18.0 Å². The number of allylic oxidation sites excluding steroid dienone is 1. The van der Waals surface area contributed by atoms with Gasteiger partial charge in [0.05, 0.1) is 12.1 Å². The Morgan fingerprint density at radius 3 is 2.61 bits per heavy atom. The minimum Gasteiger partial charge on any atom is -0.293 e. The van der Waals surface area contributed by atoms with Gasteiger partial charge in [-0.1, -0.05) is 6.08 Å². The van der Waals surface area contributed by atoms with Crippen molar-refractivity contribution in [3.63, 3.8) is 0 Å². The third-order valence-electron chi connectivity index (χ3n) is 3.13. The molecule has 3 aromatic rings. The summed E-state index contributed by atoms with van der Waals surface area (Å²) in [5.41, 5.74) is 0.818. The molecule has 0 aliphatic heterocycles. The Labute approximate surface area is 128 Å². The van der Waals surface area contributed by atoms with Crippen molar-refractivity contribution >= 4 is 12.0 Å². The lowest BCUT2D eigenvalue weighted by Crippen LogP contribution is -2.13. The second kappa shape index (κ2) is 5.71. The van der Waals surface area contributed by atoms with E-state index in [2.05, 4.69) is 9.97 Å². The lowest BCUT2D eigenvalue weighted by Gasteiger charge is -2.03. The molecule has 0 aliphatic carbocycles. The van der Waals surface area contributed by atoms with Gasteiger partial charge in [-0.15, -0.1) is 0 Å². The Hall–Kier alpha value is -2.90. The van der Waals surface area contributed by atoms with E-state index in [0.717, 1.165) is 6.08 Å². The summed E-state index contributed by atoms with van der Waals surface area (Å²) in [6.45, 7) is 0. The molecule has 118 valence electrons. The van der Waals surface area contributed by atoms with Gasteiger partial charge in [0.25, 0.3) is 5.56 Å². The van der Waals surface area contributed by atoms with Crippen molar-refractivity contribution in [3.8, 4) is 11.3 Å². The van der Waals surface area contributed by atoms with Gasteiger partial charge >= 0.3 is 6.18 Å². The van der Waals surface area contributed by atoms with E-state index in [0.29, 0.717) is 11.3 Å². The first kappa shape index (κ1) is 15.0. The average Bonchev–Trinajstić information content (AvgIpc) is 2.91. The van der Waals surface area contributed by atoms with Crippen molar-refractivity contribution in [1.29, 1.82) is 0 Å². The maximum atomic E-state index is 12.2. The number of aromatic nitrogens is 4. The van der Waals surface area contributed by atoms with Gasteiger partial charge in [-0.3, -0.25) is 18.7 Å². The molecule has 0 aliphatic rings. The van der Waals surface area contributed by atoms with Crippen LogP contribution in [0.3, 0.4) is 0 Å². The third kappa shape index (κ3) is 3.31. The summed E-state index contributed by atoms with van der Waals surface area (Å²) >= 11 is 0. The van der Waals surface area contributed by atoms with Crippen LogP contribution in [0.1, 0.15) is 6.42 Å². The molecule has 8 heteroatoms. The number of hydrogen-bond acceptors (Lipinski definition) is 3. The number of fused-ring (bicyclic) bond motifs is 1. The molecule has 3 rings (SSSR count). The quantitative estimate of drug-likeness (QED) is 0.745. The van der Waals surface area contributed by atoms with Crippen molar-refractivity contribution < 1.29 is 13.2 Å². The van der Waals surface area contributed by atoms with Crippen molar-refractivity contribution in [2.45, 2.75) is 12.6 Å². The fourth-order valence-electron chi connectivity index (χ4n) is 2.09. The van der Waals surface area contributed by atoms with Crippen LogP contribution in [0.15, 0.2) is 53.9 Å². The van der Waals surface area contributed by atoms with Crippen LogP contribution in [0.5, 0.6) is 0 Å². The number of pyridine rings is 1. The van der Waals surface area contributed by atoms with E-state index in [1.54, 1.807) is 24.5 Å². The van der Waals surface area contributed by atoms with Crippen LogP contribution < -0.4 is 5.56 Å². The SMILES string of the molecule is O=c1cc(-c2ccncc2)nc2n(C=CCC(F)(F)F)ccn12. The van der Waals surface area contributed by atoms with Crippen molar-refractivity contribution in [3.05, 3.63) is 59.4 Å². The highest BCUT2D eigenvalue weighted by molar-refractivity contribution is 5.60. The van der Waals surface area contributed by atoms with Crippen molar-refractivity contribution in [2.24, 2.45) is 0 Å². The minimum absolute atomic E-state index is 0.239. The number of halogens is 3. The largest absolute Gasteiger partial charge is 0.392 e. The number of imidazole rings is 1. The molecule has 0 aromatic carbocycles. The molecule has 3 heterocycles. The zero-order chi connectivity index (χ0) is 16.4. The first-order valence-corrected chi connectivity index (χ1v) is 6.68. The van der Waals surface area contributed by atoms with E-state index in [-0.39, 0.29) is 11.3 Å². The molecule has 5 nitrogen and oxygen atoms in total. The molecule has 0 radical (unpaired) electrons. The van der Waals surface area contributed by atoms with Crippen LogP contribution in [-0.4, -0.2) is 25.1 Å². The molecule has 0 N–H and O–H groups in total. The summed E-state index contributed by atoms with van der Waals surface area (Å²) in [6, 6.07) is 4.77. The predicted octanol–water partition coefficient (Wildman–Crippen LogP) is 2.98. The summed E-state index contributed by atoms with van der Waals surface area (Å²) in [5, 5.41) is 0. The van der Waals surface area contributed by atoms with Gasteiger partial charge in [0.2, 0.25) is 5.78 Å². The summed E-state index contributed by atoms with van der Waals surface area (Å²) < 4.78 is 39.3. The highest BCUT2D eigenvalue weighted by Gasteiger charge is 2.24. The van der Waals surface area contributed by atoms with E-state index in [1.807, 2.05) is 0 Å². The maximum Gasteiger partial charge on any atom is 0.392 e.